The van der Waals surface area contributed by atoms with E-state index in [4.69, 9.17) is 0 Å². The number of benzene rings is 2. The first-order valence-corrected chi connectivity index (χ1v) is 8.91. The van der Waals surface area contributed by atoms with Gasteiger partial charge in [0.1, 0.15) is 13.1 Å². The van der Waals surface area contributed by atoms with Crippen molar-refractivity contribution in [3.05, 3.63) is 66.2 Å². The number of rotatable bonds is 3. The average molecular weight is 334 g/mol. The number of nitrogens with zero attached hydrogens (tertiary/aromatic N) is 1. The van der Waals surface area contributed by atoms with E-state index in [0.29, 0.717) is 4.48 Å². The molecule has 1 aliphatic heterocycles. The number of aromatic amines is 1. The smallest absolute Gasteiger partial charge is 0.310 e. The van der Waals surface area contributed by atoms with E-state index in [9.17, 15) is 4.79 Å². The number of H-pyrrole nitrogens is 1. The number of hydrogen-bond donors (Lipinski definition) is 2. The maximum Gasteiger partial charge on any atom is 0.316 e. The van der Waals surface area contributed by atoms with Crippen molar-refractivity contribution in [1.29, 1.82) is 0 Å². The minimum atomic E-state index is 0.200. The number of piperazine rings is 1. The molecule has 4 rings (SSSR count). The first-order valence-electron chi connectivity index (χ1n) is 8.91. The normalized spacial score (nSPS) is 23.6. The summed E-state index contributed by atoms with van der Waals surface area (Å²) in [6.07, 6.45) is 0.939. The molecule has 4 nitrogen and oxygen atoms in total. The van der Waals surface area contributed by atoms with Crippen LogP contribution in [-0.4, -0.2) is 36.6 Å². The molecule has 0 bridgehead atoms. The molecule has 2 heterocycles. The fraction of sp³-hybridized carbons (Fsp3) is 0.286. The van der Waals surface area contributed by atoms with Crippen LogP contribution in [0.5, 0.6) is 0 Å². The van der Waals surface area contributed by atoms with Crippen LogP contribution >= 0.6 is 0 Å². The first-order chi connectivity index (χ1) is 12.2. The summed E-state index contributed by atoms with van der Waals surface area (Å²) in [5, 5.41) is 4.76. The van der Waals surface area contributed by atoms with Crippen molar-refractivity contribution in [3.8, 4) is 0 Å². The number of para-hydroxylation sites is 1. The summed E-state index contributed by atoms with van der Waals surface area (Å²) >= 11 is 0. The Hall–Kier alpha value is -2.43. The predicted octanol–water partition coefficient (Wildman–Crippen LogP) is 3.24. The van der Waals surface area contributed by atoms with Crippen molar-refractivity contribution in [2.75, 3.05) is 19.6 Å². The zero-order valence-electron chi connectivity index (χ0n) is 14.5. The van der Waals surface area contributed by atoms with Gasteiger partial charge in [-0.05, 0) is 18.1 Å². The number of quaternary nitrogens is 1. The van der Waals surface area contributed by atoms with Gasteiger partial charge in [-0.1, -0.05) is 48.5 Å². The number of nitrogens with one attached hydrogen (secondary N) is 2. The van der Waals surface area contributed by atoms with Crippen molar-refractivity contribution in [3.63, 3.8) is 0 Å². The van der Waals surface area contributed by atoms with Crippen LogP contribution in [0.2, 0.25) is 0 Å². The van der Waals surface area contributed by atoms with Gasteiger partial charge in [-0.15, -0.1) is 0 Å². The second-order valence-corrected chi connectivity index (χ2v) is 6.98. The van der Waals surface area contributed by atoms with Crippen LogP contribution in [0.3, 0.4) is 0 Å². The van der Waals surface area contributed by atoms with Gasteiger partial charge in [0, 0.05) is 18.0 Å². The molecule has 0 aliphatic carbocycles. The number of amides is 1. The first kappa shape index (κ1) is 16.1. The van der Waals surface area contributed by atoms with Gasteiger partial charge in [-0.25, -0.2) is 9.28 Å². The molecular formula is C21H24N3O+. The van der Waals surface area contributed by atoms with E-state index in [2.05, 4.69) is 52.8 Å². The molecule has 1 aromatic heterocycles. The minimum Gasteiger partial charge on any atom is -0.310 e. The Kier molecular flexibility index (Phi) is 4.15. The maximum absolute atomic E-state index is 12.7. The third kappa shape index (κ3) is 2.99. The fourth-order valence-corrected chi connectivity index (χ4v) is 3.99. The average Bonchev–Trinajstić information content (AvgIpc) is 3.07. The Labute approximate surface area is 148 Å². The highest BCUT2D eigenvalue weighted by Gasteiger charge is 2.42. The molecule has 0 spiro atoms. The van der Waals surface area contributed by atoms with Gasteiger partial charge in [0.15, 0.2) is 0 Å². The fourth-order valence-electron chi connectivity index (χ4n) is 3.99. The molecule has 1 aliphatic rings. The lowest BCUT2D eigenvalue weighted by Gasteiger charge is -2.40. The molecular weight excluding hydrogens is 310 g/mol. The molecule has 1 saturated heterocycles. The highest BCUT2D eigenvalue weighted by molar-refractivity contribution is 5.91. The molecule has 1 fully saturated rings. The Bertz CT molecular complexity index is 853. The van der Waals surface area contributed by atoms with Gasteiger partial charge in [-0.3, -0.25) is 0 Å². The molecule has 3 aromatic rings. The lowest BCUT2D eigenvalue weighted by Crippen LogP contribution is -2.66. The van der Waals surface area contributed by atoms with Gasteiger partial charge in [0.05, 0.1) is 18.5 Å². The van der Waals surface area contributed by atoms with Crippen LogP contribution in [0.1, 0.15) is 12.5 Å². The quantitative estimate of drug-likeness (QED) is 0.722. The third-order valence-electron chi connectivity index (χ3n) is 5.36. The summed E-state index contributed by atoms with van der Waals surface area (Å²) in [6.45, 7) is 4.12. The highest BCUT2D eigenvalue weighted by Crippen LogP contribution is 2.29. The molecule has 2 aromatic carbocycles. The predicted molar refractivity (Wildman–Crippen MR) is 102 cm³/mol. The van der Waals surface area contributed by atoms with Crippen LogP contribution in [0.25, 0.3) is 10.9 Å². The molecule has 2 unspecified atom stereocenters. The van der Waals surface area contributed by atoms with Crippen LogP contribution in [0.4, 0.5) is 5.82 Å². The summed E-state index contributed by atoms with van der Waals surface area (Å²) in [7, 11) is 0. The molecule has 128 valence electrons. The van der Waals surface area contributed by atoms with Crippen LogP contribution in [-0.2, 0) is 11.2 Å². The number of carbonyl (C=O) groups excluding carboxylic acids is 1. The van der Waals surface area contributed by atoms with E-state index in [0.717, 1.165) is 42.8 Å². The van der Waals surface area contributed by atoms with Gasteiger partial charge < -0.3 is 10.3 Å². The molecule has 2 atom stereocenters. The maximum atomic E-state index is 12.7. The number of aromatic nitrogens is 1. The van der Waals surface area contributed by atoms with Crippen molar-refractivity contribution in [1.82, 2.24) is 14.8 Å². The number of carbonyl (C=O) groups is 1. The summed E-state index contributed by atoms with van der Waals surface area (Å²) in [6, 6.07) is 21.1. The van der Waals surface area contributed by atoms with Crippen molar-refractivity contribution >= 4 is 22.6 Å². The van der Waals surface area contributed by atoms with E-state index in [-0.39, 0.29) is 11.9 Å². The van der Waals surface area contributed by atoms with Crippen molar-refractivity contribution in [2.24, 2.45) is 0 Å². The monoisotopic (exact) mass is 334 g/mol. The van der Waals surface area contributed by atoms with Gasteiger partial charge in [0.25, 0.3) is 0 Å². The molecule has 0 radical (unpaired) electrons. The molecule has 1 amide bonds. The third-order valence-corrected chi connectivity index (χ3v) is 5.36. The SMILES string of the molecule is CC(=O)[N+]1(c2cc3ccccc3[nH]2)CCNC(Cc2ccccc2)C1. The summed E-state index contributed by atoms with van der Waals surface area (Å²) in [5.74, 6) is 1.21. The second kappa shape index (κ2) is 6.47. The Morgan fingerprint density at radius 2 is 1.88 bits per heavy atom. The Morgan fingerprint density at radius 3 is 2.64 bits per heavy atom. The van der Waals surface area contributed by atoms with E-state index >= 15 is 0 Å². The zero-order chi connectivity index (χ0) is 17.3. The van der Waals surface area contributed by atoms with Crippen molar-refractivity contribution in [2.45, 2.75) is 19.4 Å². The molecule has 0 saturated carbocycles. The van der Waals surface area contributed by atoms with Gasteiger partial charge >= 0.3 is 5.91 Å². The van der Waals surface area contributed by atoms with Crippen LogP contribution in [0.15, 0.2) is 60.7 Å². The van der Waals surface area contributed by atoms with E-state index < -0.39 is 0 Å². The summed E-state index contributed by atoms with van der Waals surface area (Å²) in [5.41, 5.74) is 2.40. The Morgan fingerprint density at radius 1 is 1.12 bits per heavy atom. The van der Waals surface area contributed by atoms with Crippen LogP contribution < -0.4 is 9.80 Å². The lowest BCUT2D eigenvalue weighted by atomic mass is 10.0. The summed E-state index contributed by atoms with van der Waals surface area (Å²) < 4.78 is 0.388. The summed E-state index contributed by atoms with van der Waals surface area (Å²) in [4.78, 5) is 16.2. The largest absolute Gasteiger partial charge is 0.316 e. The van der Waals surface area contributed by atoms with Crippen molar-refractivity contribution < 1.29 is 4.79 Å². The highest BCUT2D eigenvalue weighted by atomic mass is 16.2. The van der Waals surface area contributed by atoms with E-state index in [1.807, 2.05) is 18.2 Å². The van der Waals surface area contributed by atoms with Gasteiger partial charge in [-0.2, -0.15) is 0 Å². The van der Waals surface area contributed by atoms with E-state index in [1.54, 1.807) is 6.92 Å². The minimum absolute atomic E-state index is 0.200. The second-order valence-electron chi connectivity index (χ2n) is 6.98. The Balaban J connectivity index is 1.66. The molecule has 25 heavy (non-hydrogen) atoms. The number of fused-ring (bicyclic) bond motifs is 1. The molecule has 4 heteroatoms. The van der Waals surface area contributed by atoms with Gasteiger partial charge in [0.2, 0.25) is 5.82 Å². The van der Waals surface area contributed by atoms with Crippen LogP contribution in [0, 0.1) is 0 Å². The zero-order valence-corrected chi connectivity index (χ0v) is 14.5. The standard InChI is InChI=1S/C21H24N3O/c1-16(25)24(21-14-18-9-5-6-10-20(18)23-21)12-11-22-19(15-24)13-17-7-3-2-4-8-17/h2-10,14,19,22-23H,11-13,15H2,1H3/q+1. The number of hydrogen-bond acceptors (Lipinski definition) is 2. The lowest BCUT2D eigenvalue weighted by molar-refractivity contribution is -0.129. The molecule has 2 N–H and O–H groups in total. The van der Waals surface area contributed by atoms with E-state index in [1.165, 1.54) is 5.56 Å². The topological polar surface area (TPSA) is 44.9 Å².